The Morgan fingerprint density at radius 2 is 1.17 bits per heavy atom. The van der Waals surface area contributed by atoms with E-state index in [1.165, 1.54) is 17.8 Å². The lowest BCUT2D eigenvalue weighted by molar-refractivity contribution is -0.142. The maximum absolute atomic E-state index is 12.3. The van der Waals surface area contributed by atoms with Gasteiger partial charge < -0.3 is 20.4 Å². The van der Waals surface area contributed by atoms with Crippen molar-refractivity contribution < 1.29 is 39.6 Å². The number of thioether (sulfide) groups is 2. The third-order valence-corrected chi connectivity index (χ3v) is 9.29. The Hall–Kier alpha value is -2.20. The molecule has 0 radical (unpaired) electrons. The van der Waals surface area contributed by atoms with E-state index in [4.69, 9.17) is 0 Å². The van der Waals surface area contributed by atoms with E-state index in [2.05, 4.69) is 0 Å². The van der Waals surface area contributed by atoms with Crippen molar-refractivity contribution in [3.05, 3.63) is 34.4 Å². The number of rotatable bonds is 18. The molecule has 1 rings (SSSR count). The largest absolute Gasteiger partial charge is 0.481 e. The third-order valence-electron chi connectivity index (χ3n) is 6.39. The molecule has 0 saturated carbocycles. The van der Waals surface area contributed by atoms with Crippen molar-refractivity contribution >= 4 is 47.4 Å². The van der Waals surface area contributed by atoms with E-state index >= 15 is 0 Å². The van der Waals surface area contributed by atoms with Gasteiger partial charge in [0.15, 0.2) is 0 Å². The number of aliphatic carboxylic acids is 2. The second kappa shape index (κ2) is 15.8. The van der Waals surface area contributed by atoms with E-state index < -0.39 is 35.7 Å². The Morgan fingerprint density at radius 1 is 0.694 bits per heavy atom. The minimum atomic E-state index is -1.31. The summed E-state index contributed by atoms with van der Waals surface area (Å²) in [5.74, 6) is -4.18. The van der Waals surface area contributed by atoms with Crippen LogP contribution in [-0.2, 0) is 9.59 Å². The topological polar surface area (TPSA) is 149 Å². The molecule has 0 spiro atoms. The van der Waals surface area contributed by atoms with E-state index in [9.17, 15) is 39.6 Å². The van der Waals surface area contributed by atoms with E-state index in [0.717, 1.165) is 5.56 Å². The van der Waals surface area contributed by atoms with Crippen LogP contribution < -0.4 is 0 Å². The van der Waals surface area contributed by atoms with Crippen molar-refractivity contribution in [1.82, 2.24) is 0 Å². The van der Waals surface area contributed by atoms with Crippen molar-refractivity contribution in [2.24, 2.45) is 11.8 Å². The van der Waals surface area contributed by atoms with E-state index in [1.54, 1.807) is 17.8 Å². The van der Waals surface area contributed by atoms with Crippen LogP contribution in [0.2, 0.25) is 0 Å². The highest BCUT2D eigenvalue weighted by atomic mass is 32.2. The lowest BCUT2D eigenvalue weighted by Gasteiger charge is -2.27. The van der Waals surface area contributed by atoms with E-state index in [1.807, 2.05) is 27.7 Å². The molecule has 0 heterocycles. The highest BCUT2D eigenvalue weighted by Gasteiger charge is 2.30. The summed E-state index contributed by atoms with van der Waals surface area (Å²) in [5.41, 5.74) is 0.732. The van der Waals surface area contributed by atoms with Gasteiger partial charge in [-0.25, -0.2) is 9.59 Å². The molecule has 0 bridgehead atoms. The lowest BCUT2D eigenvalue weighted by atomic mass is 9.90. The molecule has 4 unspecified atom stereocenters. The van der Waals surface area contributed by atoms with E-state index in [0.29, 0.717) is 55.6 Å². The van der Waals surface area contributed by atoms with Crippen LogP contribution >= 0.6 is 23.5 Å². The van der Waals surface area contributed by atoms with Crippen molar-refractivity contribution in [2.75, 3.05) is 11.5 Å². The predicted molar refractivity (Wildman–Crippen MR) is 143 cm³/mol. The average molecular weight is 543 g/mol. The van der Waals surface area contributed by atoms with Crippen LogP contribution in [0.4, 0.5) is 0 Å². The highest BCUT2D eigenvalue weighted by Crippen LogP contribution is 2.44. The number of hydrogen-bond donors (Lipinski definition) is 4. The maximum atomic E-state index is 12.3. The van der Waals surface area contributed by atoms with Gasteiger partial charge in [0.05, 0.1) is 23.0 Å². The van der Waals surface area contributed by atoms with Gasteiger partial charge in [0.2, 0.25) is 0 Å². The zero-order valence-corrected chi connectivity index (χ0v) is 23.0. The predicted octanol–water partition coefficient (Wildman–Crippen LogP) is 6.45. The van der Waals surface area contributed by atoms with Gasteiger partial charge in [0.25, 0.3) is 0 Å². The summed E-state index contributed by atoms with van der Waals surface area (Å²) in [7, 11) is 0. The molecule has 4 atom stereocenters. The van der Waals surface area contributed by atoms with Gasteiger partial charge in [-0.1, -0.05) is 33.8 Å². The number of hydrogen-bond acceptors (Lipinski definition) is 6. The van der Waals surface area contributed by atoms with Gasteiger partial charge in [0, 0.05) is 10.5 Å². The minimum absolute atomic E-state index is 0.135. The molecule has 0 aromatic heterocycles. The smallest absolute Gasteiger partial charge is 0.336 e. The average Bonchev–Trinajstić information content (AvgIpc) is 2.83. The second-order valence-corrected chi connectivity index (χ2v) is 11.2. The molecule has 36 heavy (non-hydrogen) atoms. The maximum Gasteiger partial charge on any atom is 0.336 e. The van der Waals surface area contributed by atoms with Crippen LogP contribution in [0, 0.1) is 11.8 Å². The standard InChI is InChI=1S/C26H38O8S2/c1-5-15(23(27)28)11-13-35-19(7-3)17-9-10-18(25(31)32)22(26(33)34)21(17)20(8-4)36-14-12-16(6-2)24(29)30/h9-10,15-16,19-20H,5-8,11-14H2,1-4H3,(H,27,28)(H,29,30)(H,31,32)(H,33,34). The van der Waals surface area contributed by atoms with Gasteiger partial charge in [-0.05, 0) is 67.2 Å². The molecule has 10 heteroatoms. The van der Waals surface area contributed by atoms with Gasteiger partial charge in [0.1, 0.15) is 0 Å². The number of benzene rings is 1. The van der Waals surface area contributed by atoms with Crippen LogP contribution in [0.25, 0.3) is 0 Å². The van der Waals surface area contributed by atoms with Crippen molar-refractivity contribution in [3.8, 4) is 0 Å². The first-order chi connectivity index (χ1) is 17.0. The first-order valence-electron chi connectivity index (χ1n) is 12.4. The summed E-state index contributed by atoms with van der Waals surface area (Å²) in [6.07, 6.45) is 3.15. The molecule has 1 aromatic rings. The third kappa shape index (κ3) is 8.73. The van der Waals surface area contributed by atoms with Gasteiger partial charge in [-0.3, -0.25) is 9.59 Å². The molecular formula is C26H38O8S2. The number of carboxylic acids is 4. The highest BCUT2D eigenvalue weighted by molar-refractivity contribution is 7.99. The van der Waals surface area contributed by atoms with Gasteiger partial charge in [-0.15, -0.1) is 0 Å². The van der Waals surface area contributed by atoms with Gasteiger partial charge >= 0.3 is 23.9 Å². The number of aromatic carboxylic acids is 2. The minimum Gasteiger partial charge on any atom is -0.481 e. The zero-order chi connectivity index (χ0) is 27.4. The molecule has 0 aliphatic heterocycles. The van der Waals surface area contributed by atoms with Crippen LogP contribution in [0.1, 0.15) is 109 Å². The van der Waals surface area contributed by atoms with Crippen LogP contribution in [0.15, 0.2) is 12.1 Å². The van der Waals surface area contributed by atoms with Crippen LogP contribution in [0.3, 0.4) is 0 Å². The Kier molecular flexibility index (Phi) is 14.0. The summed E-state index contributed by atoms with van der Waals surface area (Å²) in [6, 6.07) is 3.03. The molecule has 202 valence electrons. The summed E-state index contributed by atoms with van der Waals surface area (Å²) >= 11 is 3.02. The Labute approximate surface area is 221 Å². The molecule has 0 saturated heterocycles. The summed E-state index contributed by atoms with van der Waals surface area (Å²) in [6.45, 7) is 7.52. The number of carboxylic acid groups (broad SMARTS) is 4. The summed E-state index contributed by atoms with van der Waals surface area (Å²) in [4.78, 5) is 47.1. The molecule has 1 aromatic carbocycles. The SMILES string of the molecule is CCC(CCSC(CC)c1ccc(C(=O)O)c(C(=O)O)c1C(CC)SCCC(CC)C(=O)O)C(=O)O. The fourth-order valence-corrected chi connectivity index (χ4v) is 6.90. The fourth-order valence-electron chi connectivity index (χ4n) is 4.21. The molecule has 0 fully saturated rings. The quantitative estimate of drug-likeness (QED) is 0.163. The monoisotopic (exact) mass is 542 g/mol. The molecule has 4 N–H and O–H groups in total. The second-order valence-electron chi connectivity index (χ2n) is 8.60. The summed E-state index contributed by atoms with van der Waals surface area (Å²) in [5, 5.41) is 38.0. The van der Waals surface area contributed by atoms with E-state index in [-0.39, 0.29) is 21.6 Å². The first kappa shape index (κ1) is 31.8. The van der Waals surface area contributed by atoms with Crippen molar-refractivity contribution in [1.29, 1.82) is 0 Å². The molecule has 8 nitrogen and oxygen atoms in total. The zero-order valence-electron chi connectivity index (χ0n) is 21.4. The molecule has 0 aliphatic rings. The van der Waals surface area contributed by atoms with Crippen LogP contribution in [-0.4, -0.2) is 55.8 Å². The number of carbonyl (C=O) groups is 4. The molecule has 0 aliphatic carbocycles. The summed E-state index contributed by atoms with van der Waals surface area (Å²) < 4.78 is 0. The molecular weight excluding hydrogens is 504 g/mol. The van der Waals surface area contributed by atoms with Crippen LogP contribution in [0.5, 0.6) is 0 Å². The Balaban J connectivity index is 3.43. The Bertz CT molecular complexity index is 917. The fraction of sp³-hybridized carbons (Fsp3) is 0.615. The first-order valence-corrected chi connectivity index (χ1v) is 14.5. The van der Waals surface area contributed by atoms with Crippen molar-refractivity contribution in [3.63, 3.8) is 0 Å². The lowest BCUT2D eigenvalue weighted by Crippen LogP contribution is -2.18. The van der Waals surface area contributed by atoms with Gasteiger partial charge in [-0.2, -0.15) is 23.5 Å². The Morgan fingerprint density at radius 3 is 1.53 bits per heavy atom. The van der Waals surface area contributed by atoms with Crippen molar-refractivity contribution in [2.45, 2.75) is 76.7 Å². The molecule has 0 amide bonds. The normalized spacial score (nSPS) is 14.6.